The van der Waals surface area contributed by atoms with Crippen molar-refractivity contribution in [1.82, 2.24) is 0 Å². The first-order chi connectivity index (χ1) is 8.29. The molecule has 0 aromatic carbocycles. The van der Waals surface area contributed by atoms with Gasteiger partial charge >= 0.3 is 5.97 Å². The number of ether oxygens (including phenoxy) is 2. The molecule has 0 saturated heterocycles. The number of rotatable bonds is 4. The van der Waals surface area contributed by atoms with Gasteiger partial charge in [-0.3, -0.25) is 0 Å². The summed E-state index contributed by atoms with van der Waals surface area (Å²) in [5, 5.41) is 0. The van der Waals surface area contributed by atoms with Gasteiger partial charge in [0, 0.05) is 5.57 Å². The maximum Gasteiger partial charge on any atom is 0.335 e. The van der Waals surface area contributed by atoms with Crippen molar-refractivity contribution in [3.05, 3.63) is 12.2 Å². The van der Waals surface area contributed by atoms with E-state index in [1.165, 1.54) is 12.8 Å². The Bertz CT molecular complexity index is 372. The van der Waals surface area contributed by atoms with Gasteiger partial charge in [-0.15, -0.1) is 0 Å². The smallest absolute Gasteiger partial charge is 0.335 e. The summed E-state index contributed by atoms with van der Waals surface area (Å²) in [5.41, 5.74) is 0.960. The maximum atomic E-state index is 11.3. The van der Waals surface area contributed by atoms with Crippen LogP contribution in [0.1, 0.15) is 47.0 Å². The quantitative estimate of drug-likeness (QED) is 0.437. The Labute approximate surface area is 110 Å². The number of carbonyl (C=O) groups excluding carboxylic acids is 1. The second kappa shape index (κ2) is 4.37. The predicted molar refractivity (Wildman–Crippen MR) is 69.9 cm³/mol. The lowest BCUT2D eigenvalue weighted by Crippen LogP contribution is -2.37. The van der Waals surface area contributed by atoms with Crippen LogP contribution in [0.5, 0.6) is 0 Å². The topological polar surface area (TPSA) is 35.5 Å². The molecule has 2 fully saturated rings. The fourth-order valence-electron chi connectivity index (χ4n) is 3.68. The number of hydrogen-bond acceptors (Lipinski definition) is 3. The van der Waals surface area contributed by atoms with Gasteiger partial charge in [-0.05, 0) is 42.9 Å². The summed E-state index contributed by atoms with van der Waals surface area (Å²) in [6.45, 7) is 12.2. The fraction of sp³-hybridized carbons (Fsp3) is 0.800. The number of hydrogen-bond donors (Lipinski definition) is 0. The molecule has 0 amide bonds. The van der Waals surface area contributed by atoms with Crippen molar-refractivity contribution < 1.29 is 14.3 Å². The van der Waals surface area contributed by atoms with E-state index >= 15 is 0 Å². The Morgan fingerprint density at radius 1 is 1.39 bits per heavy atom. The molecule has 2 rings (SSSR count). The van der Waals surface area contributed by atoms with Crippen molar-refractivity contribution >= 4 is 5.97 Å². The fourth-order valence-corrected chi connectivity index (χ4v) is 3.68. The molecule has 18 heavy (non-hydrogen) atoms. The average Bonchev–Trinajstić information content (AvgIpc) is 2.61. The molecule has 3 heteroatoms. The Kier molecular flexibility index (Phi) is 3.30. The highest BCUT2D eigenvalue weighted by Crippen LogP contribution is 2.66. The van der Waals surface area contributed by atoms with Crippen LogP contribution in [0, 0.1) is 16.7 Å². The van der Waals surface area contributed by atoms with E-state index in [2.05, 4.69) is 27.4 Å². The first-order valence-corrected chi connectivity index (χ1v) is 6.73. The summed E-state index contributed by atoms with van der Waals surface area (Å²) in [5.74, 6) is 0.368. The zero-order chi connectivity index (χ0) is 13.6. The van der Waals surface area contributed by atoms with Crippen molar-refractivity contribution in [2.24, 2.45) is 16.7 Å². The van der Waals surface area contributed by atoms with Crippen molar-refractivity contribution in [1.29, 1.82) is 0 Å². The molecule has 0 N–H and O–H groups in total. The largest absolute Gasteiger partial charge is 0.435 e. The SMILES string of the molecule is C=C(C)C(=O)OCOC1CC2CCC1(C)C2(C)C. The van der Waals surface area contributed by atoms with E-state index in [1.54, 1.807) is 6.92 Å². The molecular weight excluding hydrogens is 228 g/mol. The van der Waals surface area contributed by atoms with Gasteiger partial charge in [0.25, 0.3) is 0 Å². The van der Waals surface area contributed by atoms with Crippen LogP contribution in [0.15, 0.2) is 12.2 Å². The van der Waals surface area contributed by atoms with E-state index in [0.717, 1.165) is 12.3 Å². The lowest BCUT2D eigenvalue weighted by Gasteiger charge is -2.38. The van der Waals surface area contributed by atoms with E-state index < -0.39 is 0 Å². The van der Waals surface area contributed by atoms with Crippen LogP contribution in [0.4, 0.5) is 0 Å². The Balaban J connectivity index is 1.89. The molecule has 0 radical (unpaired) electrons. The van der Waals surface area contributed by atoms with Crippen LogP contribution in [0.25, 0.3) is 0 Å². The van der Waals surface area contributed by atoms with E-state index in [4.69, 9.17) is 9.47 Å². The molecule has 2 bridgehead atoms. The molecule has 0 aliphatic heterocycles. The molecule has 3 atom stereocenters. The van der Waals surface area contributed by atoms with E-state index in [-0.39, 0.29) is 24.3 Å². The monoisotopic (exact) mass is 252 g/mol. The van der Waals surface area contributed by atoms with E-state index in [0.29, 0.717) is 11.0 Å². The highest BCUT2D eigenvalue weighted by Gasteiger charge is 2.61. The first kappa shape index (κ1) is 13.6. The van der Waals surface area contributed by atoms with Crippen molar-refractivity contribution in [2.45, 2.75) is 53.1 Å². The second-order valence-electron chi connectivity index (χ2n) is 6.60. The van der Waals surface area contributed by atoms with Crippen LogP contribution in [0.2, 0.25) is 0 Å². The van der Waals surface area contributed by atoms with Gasteiger partial charge in [-0.25, -0.2) is 4.79 Å². The summed E-state index contributed by atoms with van der Waals surface area (Å²) < 4.78 is 10.8. The van der Waals surface area contributed by atoms with Crippen LogP contribution >= 0.6 is 0 Å². The average molecular weight is 252 g/mol. The van der Waals surface area contributed by atoms with Gasteiger partial charge in [0.1, 0.15) is 0 Å². The van der Waals surface area contributed by atoms with Gasteiger partial charge in [0.15, 0.2) is 6.79 Å². The third kappa shape index (κ3) is 1.89. The van der Waals surface area contributed by atoms with Crippen LogP contribution in [-0.2, 0) is 14.3 Å². The van der Waals surface area contributed by atoms with Crippen molar-refractivity contribution in [3.8, 4) is 0 Å². The summed E-state index contributed by atoms with van der Waals surface area (Å²) in [4.78, 5) is 11.3. The standard InChI is InChI=1S/C15H24O3/c1-10(2)13(16)18-9-17-12-8-11-6-7-15(12,5)14(11,3)4/h11-12H,1,6-9H2,2-5H3. The van der Waals surface area contributed by atoms with Gasteiger partial charge in [-0.1, -0.05) is 27.4 Å². The molecule has 102 valence electrons. The predicted octanol–water partition coefficient (Wildman–Crippen LogP) is 3.29. The summed E-state index contributed by atoms with van der Waals surface area (Å²) >= 11 is 0. The Morgan fingerprint density at radius 3 is 2.50 bits per heavy atom. The minimum atomic E-state index is -0.373. The minimum absolute atomic E-state index is 0.0503. The Morgan fingerprint density at radius 2 is 2.06 bits per heavy atom. The molecule has 0 heterocycles. The summed E-state index contributed by atoms with van der Waals surface area (Å²) in [6.07, 6.45) is 3.82. The van der Waals surface area contributed by atoms with Gasteiger partial charge in [0.05, 0.1) is 6.10 Å². The molecule has 2 saturated carbocycles. The first-order valence-electron chi connectivity index (χ1n) is 6.73. The Hall–Kier alpha value is -0.830. The third-order valence-corrected chi connectivity index (χ3v) is 5.52. The lowest BCUT2D eigenvalue weighted by atomic mass is 9.70. The molecule has 3 unspecified atom stereocenters. The highest BCUT2D eigenvalue weighted by molar-refractivity contribution is 5.86. The molecule has 0 aromatic heterocycles. The van der Waals surface area contributed by atoms with Crippen LogP contribution in [-0.4, -0.2) is 18.9 Å². The van der Waals surface area contributed by atoms with Crippen molar-refractivity contribution in [2.75, 3.05) is 6.79 Å². The van der Waals surface area contributed by atoms with Crippen molar-refractivity contribution in [3.63, 3.8) is 0 Å². The molecule has 0 aromatic rings. The van der Waals surface area contributed by atoms with Gasteiger partial charge in [-0.2, -0.15) is 0 Å². The summed E-state index contributed by atoms with van der Waals surface area (Å²) in [6, 6.07) is 0. The number of esters is 1. The molecule has 3 nitrogen and oxygen atoms in total. The van der Waals surface area contributed by atoms with Crippen LogP contribution in [0.3, 0.4) is 0 Å². The molecule has 0 spiro atoms. The molecule has 2 aliphatic carbocycles. The molecule has 2 aliphatic rings. The highest BCUT2D eigenvalue weighted by atomic mass is 16.7. The van der Waals surface area contributed by atoms with E-state index in [9.17, 15) is 4.79 Å². The minimum Gasteiger partial charge on any atom is -0.435 e. The number of fused-ring (bicyclic) bond motifs is 2. The zero-order valence-corrected chi connectivity index (χ0v) is 11.9. The lowest BCUT2D eigenvalue weighted by molar-refractivity contribution is -0.164. The maximum absolute atomic E-state index is 11.3. The second-order valence-corrected chi connectivity index (χ2v) is 6.60. The van der Waals surface area contributed by atoms with Gasteiger partial charge < -0.3 is 9.47 Å². The van der Waals surface area contributed by atoms with Crippen LogP contribution < -0.4 is 0 Å². The number of carbonyl (C=O) groups is 1. The van der Waals surface area contributed by atoms with E-state index in [1.807, 2.05) is 0 Å². The third-order valence-electron chi connectivity index (χ3n) is 5.52. The zero-order valence-electron chi connectivity index (χ0n) is 11.9. The normalized spacial score (nSPS) is 36.7. The molecular formula is C15H24O3. The van der Waals surface area contributed by atoms with Gasteiger partial charge in [0.2, 0.25) is 0 Å². The summed E-state index contributed by atoms with van der Waals surface area (Å²) in [7, 11) is 0.